The molecule has 1 aliphatic rings. The van der Waals surface area contributed by atoms with Gasteiger partial charge in [-0.3, -0.25) is 13.9 Å². The molecule has 1 N–H and O–H groups in total. The van der Waals surface area contributed by atoms with Crippen molar-refractivity contribution in [2.24, 2.45) is 0 Å². The third-order valence-electron chi connectivity index (χ3n) is 7.24. The molecule has 42 heavy (non-hydrogen) atoms. The molecule has 1 saturated carbocycles. The molecule has 2 amide bonds. The SMILES string of the molecule is C[C@H](C(=O)NC1CCCC1)N(Cc1ccccc1F)C(=O)CN(c1cccc(C(F)(F)F)c1)S(=O)(=O)c1ccccc1. The van der Waals surface area contributed by atoms with E-state index in [1.165, 1.54) is 49.4 Å². The average molecular weight is 606 g/mol. The molecule has 4 rings (SSSR count). The number of benzene rings is 3. The van der Waals surface area contributed by atoms with Gasteiger partial charge in [0.2, 0.25) is 11.8 Å². The van der Waals surface area contributed by atoms with Gasteiger partial charge in [0, 0.05) is 18.2 Å². The molecule has 224 valence electrons. The smallest absolute Gasteiger partial charge is 0.352 e. The minimum absolute atomic E-state index is 0.0783. The van der Waals surface area contributed by atoms with Crippen LogP contribution in [0.15, 0.2) is 83.8 Å². The Morgan fingerprint density at radius 2 is 1.60 bits per heavy atom. The van der Waals surface area contributed by atoms with Gasteiger partial charge in [-0.2, -0.15) is 13.2 Å². The number of nitrogens with zero attached hydrogens (tertiary/aromatic N) is 2. The lowest BCUT2D eigenvalue weighted by Gasteiger charge is -2.32. The largest absolute Gasteiger partial charge is 0.416 e. The summed E-state index contributed by atoms with van der Waals surface area (Å²) in [5.74, 6) is -2.03. The summed E-state index contributed by atoms with van der Waals surface area (Å²) >= 11 is 0. The Balaban J connectivity index is 1.73. The number of hydrogen-bond acceptors (Lipinski definition) is 4. The van der Waals surface area contributed by atoms with Gasteiger partial charge in [-0.1, -0.05) is 55.3 Å². The third-order valence-corrected chi connectivity index (χ3v) is 9.03. The predicted molar refractivity (Wildman–Crippen MR) is 149 cm³/mol. The zero-order valence-corrected chi connectivity index (χ0v) is 23.7. The first-order valence-corrected chi connectivity index (χ1v) is 14.9. The van der Waals surface area contributed by atoms with Gasteiger partial charge >= 0.3 is 6.18 Å². The quantitative estimate of drug-likeness (QED) is 0.309. The van der Waals surface area contributed by atoms with Crippen LogP contribution in [0.5, 0.6) is 0 Å². The van der Waals surface area contributed by atoms with E-state index in [-0.39, 0.29) is 23.0 Å². The van der Waals surface area contributed by atoms with Gasteiger partial charge in [0.25, 0.3) is 10.0 Å². The molecular weight excluding hydrogens is 574 g/mol. The fourth-order valence-corrected chi connectivity index (χ4v) is 6.30. The normalized spacial score (nSPS) is 14.8. The Morgan fingerprint density at radius 1 is 0.952 bits per heavy atom. The number of nitrogens with one attached hydrogen (secondary N) is 1. The van der Waals surface area contributed by atoms with Crippen molar-refractivity contribution in [2.75, 3.05) is 10.8 Å². The van der Waals surface area contributed by atoms with Crippen molar-refractivity contribution in [1.82, 2.24) is 10.2 Å². The minimum atomic E-state index is -4.77. The Kier molecular flexibility index (Phi) is 9.55. The lowest BCUT2D eigenvalue weighted by molar-refractivity contribution is -0.139. The zero-order chi connectivity index (χ0) is 30.5. The molecule has 1 atom stereocenters. The van der Waals surface area contributed by atoms with Crippen LogP contribution in [0.1, 0.15) is 43.7 Å². The second-order valence-corrected chi connectivity index (χ2v) is 12.0. The van der Waals surface area contributed by atoms with Crippen LogP contribution in [0.4, 0.5) is 23.2 Å². The highest BCUT2D eigenvalue weighted by atomic mass is 32.2. The molecular formula is C30H31F4N3O4S. The predicted octanol–water partition coefficient (Wildman–Crippen LogP) is 5.52. The molecule has 3 aromatic carbocycles. The van der Waals surface area contributed by atoms with Crippen LogP contribution in [-0.2, 0) is 32.3 Å². The monoisotopic (exact) mass is 605 g/mol. The standard InChI is InChI=1S/C30H31F4N3O4S/c1-21(29(39)35-24-12-6-7-13-24)36(19-22-10-5-8-17-27(22)31)28(38)20-37(42(40,41)26-15-3-2-4-16-26)25-14-9-11-23(18-25)30(32,33)34/h2-5,8-11,14-18,21,24H,6-7,12-13,19-20H2,1H3,(H,35,39)/t21-/m1/s1. The van der Waals surface area contributed by atoms with Crippen LogP contribution >= 0.6 is 0 Å². The van der Waals surface area contributed by atoms with E-state index in [9.17, 15) is 35.6 Å². The maximum Gasteiger partial charge on any atom is 0.416 e. The molecule has 0 radical (unpaired) electrons. The van der Waals surface area contributed by atoms with E-state index in [0.717, 1.165) is 48.8 Å². The van der Waals surface area contributed by atoms with Crippen molar-refractivity contribution in [3.63, 3.8) is 0 Å². The van der Waals surface area contributed by atoms with E-state index in [2.05, 4.69) is 5.32 Å². The summed E-state index contributed by atoms with van der Waals surface area (Å²) in [6.07, 6.45) is -1.33. The molecule has 0 aromatic heterocycles. The summed E-state index contributed by atoms with van der Waals surface area (Å²) in [6, 6.07) is 15.0. The van der Waals surface area contributed by atoms with Crippen LogP contribution in [0.25, 0.3) is 0 Å². The molecule has 0 unspecified atom stereocenters. The first-order valence-electron chi connectivity index (χ1n) is 13.5. The molecule has 0 spiro atoms. The summed E-state index contributed by atoms with van der Waals surface area (Å²) in [7, 11) is -4.55. The van der Waals surface area contributed by atoms with Crippen LogP contribution < -0.4 is 9.62 Å². The Morgan fingerprint density at radius 3 is 2.24 bits per heavy atom. The zero-order valence-electron chi connectivity index (χ0n) is 22.9. The minimum Gasteiger partial charge on any atom is -0.352 e. The number of hydrogen-bond donors (Lipinski definition) is 1. The van der Waals surface area contributed by atoms with Crippen molar-refractivity contribution < 1.29 is 35.6 Å². The lowest BCUT2D eigenvalue weighted by Crippen LogP contribution is -2.52. The van der Waals surface area contributed by atoms with Crippen molar-refractivity contribution in [3.05, 3.63) is 95.8 Å². The van der Waals surface area contributed by atoms with E-state index < -0.39 is 57.7 Å². The number of alkyl halides is 3. The number of carbonyl (C=O) groups excluding carboxylic acids is 2. The van der Waals surface area contributed by atoms with E-state index in [1.807, 2.05) is 0 Å². The number of halogens is 4. The second-order valence-electron chi connectivity index (χ2n) is 10.2. The fourth-order valence-electron chi connectivity index (χ4n) is 4.87. The molecule has 7 nitrogen and oxygen atoms in total. The molecule has 1 aliphatic carbocycles. The molecule has 1 fully saturated rings. The average Bonchev–Trinajstić information content (AvgIpc) is 3.48. The van der Waals surface area contributed by atoms with Gasteiger partial charge < -0.3 is 10.2 Å². The van der Waals surface area contributed by atoms with Crippen molar-refractivity contribution in [2.45, 2.75) is 62.3 Å². The van der Waals surface area contributed by atoms with Crippen molar-refractivity contribution >= 4 is 27.5 Å². The van der Waals surface area contributed by atoms with Gasteiger partial charge in [0.1, 0.15) is 18.4 Å². The van der Waals surface area contributed by atoms with Crippen LogP contribution in [0.3, 0.4) is 0 Å². The van der Waals surface area contributed by atoms with Gasteiger partial charge in [-0.05, 0) is 56.2 Å². The summed E-state index contributed by atoms with van der Waals surface area (Å²) in [5.41, 5.74) is -1.41. The number of anilines is 1. The van der Waals surface area contributed by atoms with Crippen molar-refractivity contribution in [3.8, 4) is 0 Å². The van der Waals surface area contributed by atoms with E-state index in [0.29, 0.717) is 10.4 Å². The lowest BCUT2D eigenvalue weighted by atomic mass is 10.1. The fraction of sp³-hybridized carbons (Fsp3) is 0.333. The summed E-state index contributed by atoms with van der Waals surface area (Å²) in [5, 5.41) is 2.90. The van der Waals surface area contributed by atoms with Crippen molar-refractivity contribution in [1.29, 1.82) is 0 Å². The first kappa shape index (κ1) is 31.0. The van der Waals surface area contributed by atoms with Crippen LogP contribution in [0.2, 0.25) is 0 Å². The molecule has 0 heterocycles. The summed E-state index contributed by atoms with van der Waals surface area (Å²) in [4.78, 5) is 27.9. The maximum absolute atomic E-state index is 14.6. The van der Waals surface area contributed by atoms with Crippen LogP contribution in [-0.4, -0.2) is 43.8 Å². The summed E-state index contributed by atoms with van der Waals surface area (Å²) in [6.45, 7) is 0.143. The van der Waals surface area contributed by atoms with E-state index in [4.69, 9.17) is 0 Å². The van der Waals surface area contributed by atoms with Gasteiger partial charge in [0.05, 0.1) is 16.1 Å². The highest BCUT2D eigenvalue weighted by Crippen LogP contribution is 2.33. The van der Waals surface area contributed by atoms with E-state index >= 15 is 0 Å². The third kappa shape index (κ3) is 7.28. The van der Waals surface area contributed by atoms with Gasteiger partial charge in [-0.15, -0.1) is 0 Å². The second kappa shape index (κ2) is 12.9. The maximum atomic E-state index is 14.6. The molecule has 0 saturated heterocycles. The molecule has 12 heteroatoms. The Bertz CT molecular complexity index is 1510. The number of amides is 2. The highest BCUT2D eigenvalue weighted by molar-refractivity contribution is 7.92. The Hall–Kier alpha value is -3.93. The first-order chi connectivity index (χ1) is 19.9. The van der Waals surface area contributed by atoms with Gasteiger partial charge in [0.15, 0.2) is 0 Å². The number of rotatable bonds is 10. The van der Waals surface area contributed by atoms with Crippen LogP contribution in [0, 0.1) is 5.82 Å². The van der Waals surface area contributed by atoms with Gasteiger partial charge in [-0.25, -0.2) is 12.8 Å². The highest BCUT2D eigenvalue weighted by Gasteiger charge is 2.36. The molecule has 0 bridgehead atoms. The molecule has 0 aliphatic heterocycles. The van der Waals surface area contributed by atoms with E-state index in [1.54, 1.807) is 12.1 Å². The topological polar surface area (TPSA) is 86.8 Å². The summed E-state index contributed by atoms with van der Waals surface area (Å²) < 4.78 is 83.4. The molecule has 3 aromatic rings. The number of sulfonamides is 1. The Labute approximate surface area is 242 Å². The number of carbonyl (C=O) groups is 2.